The van der Waals surface area contributed by atoms with Crippen LogP contribution in [-0.4, -0.2) is 32.5 Å². The van der Waals surface area contributed by atoms with Gasteiger partial charge in [0.1, 0.15) is 5.78 Å². The van der Waals surface area contributed by atoms with Crippen molar-refractivity contribution < 1.29 is 22.7 Å². The number of hydrogen-bond acceptors (Lipinski definition) is 5. The van der Waals surface area contributed by atoms with Crippen molar-refractivity contribution in [2.75, 3.05) is 7.11 Å². The van der Waals surface area contributed by atoms with E-state index in [1.807, 2.05) is 0 Å². The number of halogens is 3. The van der Waals surface area contributed by atoms with Crippen molar-refractivity contribution in [1.29, 1.82) is 0 Å². The summed E-state index contributed by atoms with van der Waals surface area (Å²) in [4.78, 5) is 20.3. The fraction of sp³-hybridized carbons (Fsp3) is 0.333. The number of aromatic nitrogens is 4. The molecule has 3 rings (SSSR count). The van der Waals surface area contributed by atoms with Crippen molar-refractivity contribution in [3.8, 4) is 0 Å². The second-order valence-electron chi connectivity index (χ2n) is 6.10. The highest BCUT2D eigenvalue weighted by atomic mass is 19.3. The molecule has 3 aromatic heterocycles. The minimum atomic E-state index is -2.65. The van der Waals surface area contributed by atoms with E-state index < -0.39 is 18.5 Å². The summed E-state index contributed by atoms with van der Waals surface area (Å²) in [6, 6.07) is 2.44. The van der Waals surface area contributed by atoms with Crippen LogP contribution in [0.25, 0.3) is 5.65 Å². The number of pyridine rings is 1. The SMILES string of the molecule is CO[C@@H](C)c1c(CC(=O)Cc2cncc(C(F)F)c2)cnc2cc(F)nn12. The van der Waals surface area contributed by atoms with Gasteiger partial charge >= 0.3 is 0 Å². The van der Waals surface area contributed by atoms with E-state index in [-0.39, 0.29) is 24.2 Å². The number of hydrogen-bond donors (Lipinski definition) is 0. The van der Waals surface area contributed by atoms with Crippen LogP contribution in [0, 0.1) is 5.95 Å². The monoisotopic (exact) mass is 378 g/mol. The first kappa shape index (κ1) is 19.0. The second-order valence-corrected chi connectivity index (χ2v) is 6.10. The van der Waals surface area contributed by atoms with Gasteiger partial charge in [-0.1, -0.05) is 0 Å². The van der Waals surface area contributed by atoms with Gasteiger partial charge in [-0.2, -0.15) is 4.39 Å². The van der Waals surface area contributed by atoms with E-state index in [1.165, 1.54) is 36.2 Å². The maximum Gasteiger partial charge on any atom is 0.265 e. The number of fused-ring (bicyclic) bond motifs is 1. The van der Waals surface area contributed by atoms with Crippen LogP contribution in [0.2, 0.25) is 0 Å². The van der Waals surface area contributed by atoms with Gasteiger partial charge in [-0.3, -0.25) is 9.78 Å². The average Bonchev–Trinajstić information content (AvgIpc) is 3.01. The largest absolute Gasteiger partial charge is 0.375 e. The third kappa shape index (κ3) is 4.13. The number of carbonyl (C=O) groups excluding carboxylic acids is 1. The molecule has 3 heterocycles. The molecule has 0 amide bonds. The number of rotatable bonds is 7. The van der Waals surface area contributed by atoms with Gasteiger partial charge in [0.2, 0.25) is 5.95 Å². The number of ketones is 1. The molecule has 0 saturated heterocycles. The van der Waals surface area contributed by atoms with Gasteiger partial charge in [0.15, 0.2) is 5.65 Å². The van der Waals surface area contributed by atoms with Gasteiger partial charge in [-0.05, 0) is 18.6 Å². The lowest BCUT2D eigenvalue weighted by atomic mass is 10.0. The smallest absolute Gasteiger partial charge is 0.265 e. The summed E-state index contributed by atoms with van der Waals surface area (Å²) in [7, 11) is 1.49. The summed E-state index contributed by atoms with van der Waals surface area (Å²) in [6.45, 7) is 1.75. The van der Waals surface area contributed by atoms with Crippen LogP contribution >= 0.6 is 0 Å². The van der Waals surface area contributed by atoms with E-state index in [9.17, 15) is 18.0 Å². The lowest BCUT2D eigenvalue weighted by Gasteiger charge is -2.16. The van der Waals surface area contributed by atoms with Crippen molar-refractivity contribution in [2.45, 2.75) is 32.3 Å². The summed E-state index contributed by atoms with van der Waals surface area (Å²) in [6.07, 6.45) is 0.747. The van der Waals surface area contributed by atoms with Gasteiger partial charge in [-0.15, -0.1) is 5.10 Å². The lowest BCUT2D eigenvalue weighted by molar-refractivity contribution is -0.117. The molecular weight excluding hydrogens is 361 g/mol. The molecule has 27 heavy (non-hydrogen) atoms. The number of carbonyl (C=O) groups is 1. The third-order valence-electron chi connectivity index (χ3n) is 4.17. The topological polar surface area (TPSA) is 69.4 Å². The summed E-state index contributed by atoms with van der Waals surface area (Å²) in [5, 5.41) is 3.77. The van der Waals surface area contributed by atoms with Gasteiger partial charge in [0.05, 0.1) is 11.8 Å². The molecular formula is C18H17F3N4O2. The highest BCUT2D eigenvalue weighted by molar-refractivity contribution is 5.83. The second kappa shape index (κ2) is 7.83. The molecule has 6 nitrogen and oxygen atoms in total. The number of alkyl halides is 2. The molecule has 0 spiro atoms. The molecule has 0 aromatic carbocycles. The number of methoxy groups -OCH3 is 1. The van der Waals surface area contributed by atoms with E-state index in [2.05, 4.69) is 15.1 Å². The van der Waals surface area contributed by atoms with Crippen molar-refractivity contribution in [3.63, 3.8) is 0 Å². The highest BCUT2D eigenvalue weighted by Crippen LogP contribution is 2.23. The van der Waals surface area contributed by atoms with Crippen LogP contribution in [-0.2, 0) is 22.4 Å². The zero-order valence-corrected chi connectivity index (χ0v) is 14.7. The standard InChI is InChI=1S/C18H17F3N4O2/c1-10(27-2)17-12(9-23-16-6-15(19)24-25(16)17)5-14(26)4-11-3-13(18(20)21)8-22-7-11/h3,6-10,18H,4-5H2,1-2H3/t10-/m0/s1. The van der Waals surface area contributed by atoms with E-state index >= 15 is 0 Å². The Hall–Kier alpha value is -2.81. The Morgan fingerprint density at radius 2 is 2.00 bits per heavy atom. The van der Waals surface area contributed by atoms with Crippen LogP contribution in [0.1, 0.15) is 41.8 Å². The van der Waals surface area contributed by atoms with E-state index in [4.69, 9.17) is 4.74 Å². The Morgan fingerprint density at radius 1 is 1.22 bits per heavy atom. The molecule has 0 N–H and O–H groups in total. The normalized spacial score (nSPS) is 12.7. The van der Waals surface area contributed by atoms with Crippen molar-refractivity contribution in [3.05, 3.63) is 59.1 Å². The van der Waals surface area contributed by atoms with Gasteiger partial charge < -0.3 is 4.74 Å². The van der Waals surface area contributed by atoms with Gasteiger partial charge in [-0.25, -0.2) is 18.3 Å². The number of Topliss-reactive ketones (excluding diaryl/α,β-unsaturated/α-hetero) is 1. The molecule has 9 heteroatoms. The number of ether oxygens (including phenoxy) is 1. The fourth-order valence-electron chi connectivity index (χ4n) is 2.87. The molecule has 1 atom stereocenters. The molecule has 0 aliphatic carbocycles. The quantitative estimate of drug-likeness (QED) is 0.631. The molecule has 0 fully saturated rings. The van der Waals surface area contributed by atoms with Gasteiger partial charge in [0, 0.05) is 55.7 Å². The fourth-order valence-corrected chi connectivity index (χ4v) is 2.87. The number of nitrogens with zero attached hydrogens (tertiary/aromatic N) is 4. The Labute approximate surface area is 153 Å². The Kier molecular flexibility index (Phi) is 5.50. The molecule has 3 aromatic rings. The zero-order valence-electron chi connectivity index (χ0n) is 14.7. The van der Waals surface area contributed by atoms with Crippen LogP contribution < -0.4 is 0 Å². The molecule has 0 radical (unpaired) electrons. The Bertz CT molecular complexity index is 974. The van der Waals surface area contributed by atoms with Crippen molar-refractivity contribution >= 4 is 11.4 Å². The first-order chi connectivity index (χ1) is 12.9. The van der Waals surface area contributed by atoms with Crippen LogP contribution in [0.3, 0.4) is 0 Å². The predicted molar refractivity (Wildman–Crippen MR) is 90.0 cm³/mol. The molecule has 0 aliphatic heterocycles. The van der Waals surface area contributed by atoms with E-state index in [0.29, 0.717) is 22.5 Å². The lowest BCUT2D eigenvalue weighted by Crippen LogP contribution is -2.15. The molecule has 142 valence electrons. The molecule has 0 bridgehead atoms. The Morgan fingerprint density at radius 3 is 2.70 bits per heavy atom. The predicted octanol–water partition coefficient (Wildman–Crippen LogP) is 3.26. The average molecular weight is 378 g/mol. The minimum Gasteiger partial charge on any atom is -0.375 e. The zero-order chi connectivity index (χ0) is 19.6. The molecule has 0 unspecified atom stereocenters. The summed E-state index contributed by atoms with van der Waals surface area (Å²) in [5.74, 6) is -0.910. The van der Waals surface area contributed by atoms with Crippen LogP contribution in [0.5, 0.6) is 0 Å². The summed E-state index contributed by atoms with van der Waals surface area (Å²) in [5.41, 5.74) is 1.51. The summed E-state index contributed by atoms with van der Waals surface area (Å²) < 4.78 is 45.7. The van der Waals surface area contributed by atoms with E-state index in [0.717, 1.165) is 6.20 Å². The van der Waals surface area contributed by atoms with Crippen molar-refractivity contribution in [1.82, 2.24) is 19.6 Å². The molecule has 0 aliphatic rings. The maximum absolute atomic E-state index is 13.5. The highest BCUT2D eigenvalue weighted by Gasteiger charge is 2.20. The Balaban J connectivity index is 1.87. The summed E-state index contributed by atoms with van der Waals surface area (Å²) >= 11 is 0. The van der Waals surface area contributed by atoms with Gasteiger partial charge in [0.25, 0.3) is 6.43 Å². The molecule has 0 saturated carbocycles. The first-order valence-electron chi connectivity index (χ1n) is 8.18. The van der Waals surface area contributed by atoms with Crippen LogP contribution in [0.15, 0.2) is 30.7 Å². The minimum absolute atomic E-state index is 0.0215. The maximum atomic E-state index is 13.5. The van der Waals surface area contributed by atoms with Crippen molar-refractivity contribution in [2.24, 2.45) is 0 Å². The van der Waals surface area contributed by atoms with E-state index in [1.54, 1.807) is 6.92 Å². The van der Waals surface area contributed by atoms with Crippen LogP contribution in [0.4, 0.5) is 13.2 Å². The first-order valence-corrected chi connectivity index (χ1v) is 8.18. The third-order valence-corrected chi connectivity index (χ3v) is 4.17.